The first-order valence-electron chi connectivity index (χ1n) is 3.53. The van der Waals surface area contributed by atoms with Crippen molar-refractivity contribution in [3.05, 3.63) is 0 Å². The first-order valence-corrected chi connectivity index (χ1v) is 5.83. The number of aromatic nitrogens is 2. The third-order valence-corrected chi connectivity index (χ3v) is 3.89. The SMILES string of the molecule is C#CC(C)NS(=O)(=O)c1nnc(N)s1. The molecule has 0 bridgehead atoms. The van der Waals surface area contributed by atoms with Crippen LogP contribution in [0.15, 0.2) is 4.34 Å². The van der Waals surface area contributed by atoms with Gasteiger partial charge in [-0.1, -0.05) is 17.3 Å². The summed E-state index contributed by atoms with van der Waals surface area (Å²) in [4.78, 5) is 0. The molecule has 0 amide bonds. The van der Waals surface area contributed by atoms with E-state index in [0.29, 0.717) is 0 Å². The van der Waals surface area contributed by atoms with E-state index >= 15 is 0 Å². The Kier molecular flexibility index (Phi) is 3.05. The zero-order chi connectivity index (χ0) is 10.8. The van der Waals surface area contributed by atoms with Crippen LogP contribution in [0.5, 0.6) is 0 Å². The molecule has 0 aliphatic rings. The second-order valence-corrected chi connectivity index (χ2v) is 5.31. The molecule has 1 atom stereocenters. The van der Waals surface area contributed by atoms with Crippen LogP contribution in [0.4, 0.5) is 5.13 Å². The third-order valence-electron chi connectivity index (χ3n) is 1.23. The summed E-state index contributed by atoms with van der Waals surface area (Å²) in [7, 11) is -3.68. The minimum absolute atomic E-state index is 0.0961. The van der Waals surface area contributed by atoms with Gasteiger partial charge in [-0.3, -0.25) is 0 Å². The summed E-state index contributed by atoms with van der Waals surface area (Å²) in [5.74, 6) is 2.23. The number of rotatable bonds is 3. The van der Waals surface area contributed by atoms with Gasteiger partial charge in [-0.2, -0.15) is 4.72 Å². The van der Waals surface area contributed by atoms with Gasteiger partial charge in [-0.05, 0) is 6.92 Å². The predicted octanol–water partition coefficient (Wildman–Crippen LogP) is -0.580. The largest absolute Gasteiger partial charge is 0.374 e. The molecule has 0 aliphatic carbocycles. The maximum absolute atomic E-state index is 11.5. The number of nitrogen functional groups attached to an aromatic ring is 1. The molecule has 0 spiro atoms. The van der Waals surface area contributed by atoms with Crippen LogP contribution in [0.1, 0.15) is 6.92 Å². The highest BCUT2D eigenvalue weighted by Gasteiger charge is 2.20. The van der Waals surface area contributed by atoms with Crippen molar-refractivity contribution in [2.75, 3.05) is 5.73 Å². The predicted molar refractivity (Wildman–Crippen MR) is 52.9 cm³/mol. The van der Waals surface area contributed by atoms with Crippen molar-refractivity contribution in [1.29, 1.82) is 0 Å². The first-order chi connectivity index (χ1) is 6.45. The molecule has 0 aromatic carbocycles. The van der Waals surface area contributed by atoms with Gasteiger partial charge in [0.05, 0.1) is 6.04 Å². The molecule has 0 saturated carbocycles. The summed E-state index contributed by atoms with van der Waals surface area (Å²) in [6.45, 7) is 1.54. The third kappa shape index (κ3) is 2.41. The fraction of sp³-hybridized carbons (Fsp3) is 0.333. The van der Waals surface area contributed by atoms with E-state index < -0.39 is 16.1 Å². The molecule has 0 radical (unpaired) electrons. The monoisotopic (exact) mass is 232 g/mol. The van der Waals surface area contributed by atoms with Crippen LogP contribution >= 0.6 is 11.3 Å². The Balaban J connectivity index is 2.93. The van der Waals surface area contributed by atoms with E-state index in [1.165, 1.54) is 0 Å². The quantitative estimate of drug-likeness (QED) is 0.679. The van der Waals surface area contributed by atoms with E-state index in [0.717, 1.165) is 11.3 Å². The molecule has 6 nitrogen and oxygen atoms in total. The lowest BCUT2D eigenvalue weighted by Crippen LogP contribution is -2.31. The maximum Gasteiger partial charge on any atom is 0.270 e. The zero-order valence-electron chi connectivity index (χ0n) is 7.26. The Bertz CT molecular complexity index is 458. The smallest absolute Gasteiger partial charge is 0.270 e. The molecule has 1 aromatic heterocycles. The number of nitrogens with zero attached hydrogens (tertiary/aromatic N) is 2. The van der Waals surface area contributed by atoms with E-state index in [9.17, 15) is 8.42 Å². The van der Waals surface area contributed by atoms with Crippen molar-refractivity contribution in [2.45, 2.75) is 17.3 Å². The molecular formula is C6H8N4O2S2. The number of hydrogen-bond donors (Lipinski definition) is 2. The minimum Gasteiger partial charge on any atom is -0.374 e. The average Bonchev–Trinajstić information content (AvgIpc) is 2.51. The fourth-order valence-electron chi connectivity index (χ4n) is 0.646. The lowest BCUT2D eigenvalue weighted by molar-refractivity contribution is 0.575. The van der Waals surface area contributed by atoms with Crippen LogP contribution in [-0.2, 0) is 10.0 Å². The van der Waals surface area contributed by atoms with Gasteiger partial charge in [0.2, 0.25) is 9.47 Å². The van der Waals surface area contributed by atoms with Crippen molar-refractivity contribution >= 4 is 26.5 Å². The Morgan fingerprint density at radius 1 is 1.64 bits per heavy atom. The number of hydrogen-bond acceptors (Lipinski definition) is 6. The summed E-state index contributed by atoms with van der Waals surface area (Å²) in [5, 5.41) is 6.89. The summed E-state index contributed by atoms with van der Waals surface area (Å²) in [6, 6.07) is -0.592. The second kappa shape index (κ2) is 3.91. The standard InChI is InChI=1S/C6H8N4O2S2/c1-3-4(2)10-14(11,12)6-9-8-5(7)13-6/h1,4,10H,2H3,(H2,7,8). The molecule has 0 aliphatic heterocycles. The van der Waals surface area contributed by atoms with Crippen LogP contribution in [0.3, 0.4) is 0 Å². The van der Waals surface area contributed by atoms with Gasteiger partial charge in [0, 0.05) is 0 Å². The molecule has 76 valence electrons. The average molecular weight is 232 g/mol. The van der Waals surface area contributed by atoms with Crippen LogP contribution in [0, 0.1) is 12.3 Å². The number of nitrogens with two attached hydrogens (primary N) is 1. The highest BCUT2D eigenvalue weighted by Crippen LogP contribution is 2.16. The normalized spacial score (nSPS) is 13.4. The van der Waals surface area contributed by atoms with Gasteiger partial charge < -0.3 is 5.73 Å². The van der Waals surface area contributed by atoms with E-state index in [1.807, 2.05) is 0 Å². The van der Waals surface area contributed by atoms with Crippen molar-refractivity contribution in [3.8, 4) is 12.3 Å². The highest BCUT2D eigenvalue weighted by molar-refractivity contribution is 7.91. The lowest BCUT2D eigenvalue weighted by atomic mass is 10.4. The van der Waals surface area contributed by atoms with Crippen molar-refractivity contribution < 1.29 is 8.42 Å². The molecule has 1 heterocycles. The topological polar surface area (TPSA) is 98.0 Å². The second-order valence-electron chi connectivity index (χ2n) is 2.42. The molecule has 8 heteroatoms. The van der Waals surface area contributed by atoms with Crippen LogP contribution in [0.2, 0.25) is 0 Å². The van der Waals surface area contributed by atoms with Crippen molar-refractivity contribution in [2.24, 2.45) is 0 Å². The van der Waals surface area contributed by atoms with Crippen molar-refractivity contribution in [1.82, 2.24) is 14.9 Å². The summed E-state index contributed by atoms with van der Waals surface area (Å²) < 4.78 is 25.0. The molecule has 3 N–H and O–H groups in total. The molecule has 14 heavy (non-hydrogen) atoms. The fourth-order valence-corrected chi connectivity index (χ4v) is 2.61. The molecule has 1 rings (SSSR count). The number of terminal acetylenes is 1. The van der Waals surface area contributed by atoms with Gasteiger partial charge >= 0.3 is 0 Å². The highest BCUT2D eigenvalue weighted by atomic mass is 32.2. The number of anilines is 1. The minimum atomic E-state index is -3.68. The van der Waals surface area contributed by atoms with Crippen LogP contribution in [0.25, 0.3) is 0 Å². The van der Waals surface area contributed by atoms with Gasteiger partial charge in [0.1, 0.15) is 0 Å². The van der Waals surface area contributed by atoms with Crippen LogP contribution in [-0.4, -0.2) is 24.7 Å². The molecule has 0 fully saturated rings. The Morgan fingerprint density at radius 3 is 2.71 bits per heavy atom. The van der Waals surface area contributed by atoms with Gasteiger partial charge in [-0.15, -0.1) is 16.6 Å². The molecular weight excluding hydrogens is 224 g/mol. The van der Waals surface area contributed by atoms with Gasteiger partial charge in [0.15, 0.2) is 0 Å². The van der Waals surface area contributed by atoms with Gasteiger partial charge in [-0.25, -0.2) is 8.42 Å². The molecule has 1 unspecified atom stereocenters. The maximum atomic E-state index is 11.5. The lowest BCUT2D eigenvalue weighted by Gasteiger charge is -2.04. The summed E-state index contributed by atoms with van der Waals surface area (Å²) in [5.41, 5.74) is 5.25. The Hall–Kier alpha value is -1.17. The van der Waals surface area contributed by atoms with E-state index in [1.54, 1.807) is 6.92 Å². The Labute approximate surface area is 85.6 Å². The molecule has 0 saturated heterocycles. The van der Waals surface area contributed by atoms with Gasteiger partial charge in [0.25, 0.3) is 10.0 Å². The summed E-state index contributed by atoms with van der Waals surface area (Å²) >= 11 is 0.784. The van der Waals surface area contributed by atoms with E-state index in [4.69, 9.17) is 12.2 Å². The Morgan fingerprint density at radius 2 is 2.29 bits per heavy atom. The number of sulfonamides is 1. The number of nitrogens with one attached hydrogen (secondary N) is 1. The zero-order valence-corrected chi connectivity index (χ0v) is 8.89. The van der Waals surface area contributed by atoms with Crippen LogP contribution < -0.4 is 10.5 Å². The van der Waals surface area contributed by atoms with Crippen molar-refractivity contribution in [3.63, 3.8) is 0 Å². The summed E-state index contributed by atoms with van der Waals surface area (Å²) in [6.07, 6.45) is 5.03. The first kappa shape index (κ1) is 10.9. The van der Waals surface area contributed by atoms with E-state index in [2.05, 4.69) is 20.8 Å². The van der Waals surface area contributed by atoms with E-state index in [-0.39, 0.29) is 9.47 Å². The molecule has 1 aromatic rings.